The van der Waals surface area contributed by atoms with E-state index in [0.29, 0.717) is 5.57 Å². The highest BCUT2D eigenvalue weighted by Crippen LogP contribution is 2.26. The minimum absolute atomic E-state index is 0.708. The van der Waals surface area contributed by atoms with Gasteiger partial charge in [0.15, 0.2) is 0 Å². The van der Waals surface area contributed by atoms with Crippen molar-refractivity contribution in [2.45, 2.75) is 19.4 Å². The van der Waals surface area contributed by atoms with Crippen LogP contribution in [0.25, 0.3) is 5.57 Å². The van der Waals surface area contributed by atoms with E-state index in [4.69, 9.17) is 4.74 Å². The zero-order chi connectivity index (χ0) is 10.8. The molecule has 0 amide bonds. The van der Waals surface area contributed by atoms with Gasteiger partial charge in [-0.1, -0.05) is 18.7 Å². The maximum absolute atomic E-state index is 9.74. The normalized spacial score (nSPS) is 11.1. The first-order chi connectivity index (χ1) is 6.45. The Morgan fingerprint density at radius 3 is 2.14 bits per heavy atom. The van der Waals surface area contributed by atoms with Gasteiger partial charge in [-0.3, -0.25) is 0 Å². The second-order valence-electron chi connectivity index (χ2n) is 3.77. The average molecular weight is 192 g/mol. The van der Waals surface area contributed by atoms with Gasteiger partial charge in [0.25, 0.3) is 0 Å². The second kappa shape index (κ2) is 3.84. The van der Waals surface area contributed by atoms with Crippen molar-refractivity contribution < 1.29 is 9.84 Å². The minimum Gasteiger partial charge on any atom is -0.497 e. The van der Waals surface area contributed by atoms with E-state index in [1.807, 2.05) is 24.3 Å². The monoisotopic (exact) mass is 192 g/mol. The molecule has 76 valence electrons. The SMILES string of the molecule is C=C(c1ccc(OC)cc1)C(C)(C)O. The Morgan fingerprint density at radius 2 is 1.79 bits per heavy atom. The molecule has 0 atom stereocenters. The first kappa shape index (κ1) is 10.8. The van der Waals surface area contributed by atoms with Gasteiger partial charge in [0.05, 0.1) is 12.7 Å². The number of ether oxygens (including phenoxy) is 1. The molecule has 2 nitrogen and oxygen atoms in total. The molecule has 0 unspecified atom stereocenters. The van der Waals surface area contributed by atoms with Gasteiger partial charge in [-0.15, -0.1) is 0 Å². The molecule has 1 N–H and O–H groups in total. The van der Waals surface area contributed by atoms with Crippen LogP contribution in [-0.4, -0.2) is 17.8 Å². The maximum atomic E-state index is 9.74. The van der Waals surface area contributed by atoms with Crippen LogP contribution in [0.5, 0.6) is 5.75 Å². The summed E-state index contributed by atoms with van der Waals surface area (Å²) in [7, 11) is 1.62. The fraction of sp³-hybridized carbons (Fsp3) is 0.333. The lowest BCUT2D eigenvalue weighted by Gasteiger charge is -2.20. The third kappa shape index (κ3) is 2.36. The van der Waals surface area contributed by atoms with Crippen LogP contribution in [-0.2, 0) is 0 Å². The van der Waals surface area contributed by atoms with Gasteiger partial charge >= 0.3 is 0 Å². The van der Waals surface area contributed by atoms with Crippen LogP contribution in [0.3, 0.4) is 0 Å². The molecule has 1 aromatic rings. The number of benzene rings is 1. The molecule has 0 aliphatic heterocycles. The summed E-state index contributed by atoms with van der Waals surface area (Å²) in [6, 6.07) is 7.48. The Labute approximate surface area is 84.8 Å². The van der Waals surface area contributed by atoms with Crippen molar-refractivity contribution in [3.8, 4) is 5.75 Å². The molecule has 14 heavy (non-hydrogen) atoms. The van der Waals surface area contributed by atoms with Gasteiger partial charge in [-0.05, 0) is 37.1 Å². The number of hydrogen-bond donors (Lipinski definition) is 1. The van der Waals surface area contributed by atoms with E-state index in [-0.39, 0.29) is 0 Å². The molecule has 0 saturated heterocycles. The van der Waals surface area contributed by atoms with Gasteiger partial charge in [-0.25, -0.2) is 0 Å². The van der Waals surface area contributed by atoms with Gasteiger partial charge in [-0.2, -0.15) is 0 Å². The van der Waals surface area contributed by atoms with Gasteiger partial charge in [0, 0.05) is 0 Å². The van der Waals surface area contributed by atoms with Crippen molar-refractivity contribution in [3.63, 3.8) is 0 Å². The molecule has 0 spiro atoms. The third-order valence-corrected chi connectivity index (χ3v) is 2.18. The lowest BCUT2D eigenvalue weighted by Crippen LogP contribution is -2.19. The number of hydrogen-bond acceptors (Lipinski definition) is 2. The van der Waals surface area contributed by atoms with Crippen LogP contribution in [0, 0.1) is 0 Å². The van der Waals surface area contributed by atoms with Crippen LogP contribution in [0.15, 0.2) is 30.8 Å². The molecule has 0 heterocycles. The molecule has 0 aliphatic carbocycles. The second-order valence-corrected chi connectivity index (χ2v) is 3.77. The van der Waals surface area contributed by atoms with E-state index in [2.05, 4.69) is 6.58 Å². The summed E-state index contributed by atoms with van der Waals surface area (Å²) in [4.78, 5) is 0. The lowest BCUT2D eigenvalue weighted by atomic mass is 9.93. The van der Waals surface area contributed by atoms with Gasteiger partial charge in [0.1, 0.15) is 5.75 Å². The molecule has 2 heteroatoms. The quantitative estimate of drug-likeness (QED) is 0.797. The molecule has 0 saturated carbocycles. The van der Waals surface area contributed by atoms with Crippen LogP contribution in [0.1, 0.15) is 19.4 Å². The van der Waals surface area contributed by atoms with Crippen molar-refractivity contribution in [2.75, 3.05) is 7.11 Å². The zero-order valence-electron chi connectivity index (χ0n) is 8.87. The number of aliphatic hydroxyl groups is 1. The molecule has 1 rings (SSSR count). The highest BCUT2D eigenvalue weighted by Gasteiger charge is 2.18. The summed E-state index contributed by atoms with van der Waals surface area (Å²) in [6.07, 6.45) is 0. The van der Waals surface area contributed by atoms with Crippen molar-refractivity contribution in [1.82, 2.24) is 0 Å². The molecule has 1 aromatic carbocycles. The summed E-state index contributed by atoms with van der Waals surface area (Å²) in [5.74, 6) is 0.803. The topological polar surface area (TPSA) is 29.5 Å². The van der Waals surface area contributed by atoms with E-state index in [1.165, 1.54) is 0 Å². The van der Waals surface area contributed by atoms with Crippen molar-refractivity contribution >= 4 is 5.57 Å². The molecule has 0 bridgehead atoms. The third-order valence-electron chi connectivity index (χ3n) is 2.18. The highest BCUT2D eigenvalue weighted by molar-refractivity contribution is 5.69. The van der Waals surface area contributed by atoms with Crippen molar-refractivity contribution in [1.29, 1.82) is 0 Å². The largest absolute Gasteiger partial charge is 0.497 e. The van der Waals surface area contributed by atoms with E-state index < -0.39 is 5.60 Å². The Hall–Kier alpha value is -1.28. The molecule has 0 fully saturated rings. The van der Waals surface area contributed by atoms with Crippen LogP contribution >= 0.6 is 0 Å². The fourth-order valence-corrected chi connectivity index (χ4v) is 1.15. The predicted octanol–water partition coefficient (Wildman–Crippen LogP) is 2.48. The Bertz CT molecular complexity index is 317. The van der Waals surface area contributed by atoms with Crippen LogP contribution in [0.4, 0.5) is 0 Å². The highest BCUT2D eigenvalue weighted by atomic mass is 16.5. The van der Waals surface area contributed by atoms with Crippen LogP contribution in [0.2, 0.25) is 0 Å². The molecule has 0 aromatic heterocycles. The first-order valence-corrected chi connectivity index (χ1v) is 4.51. The summed E-state index contributed by atoms with van der Waals surface area (Å²) in [5.41, 5.74) is 0.757. The molecule has 0 aliphatic rings. The van der Waals surface area contributed by atoms with E-state index in [9.17, 15) is 5.11 Å². The Balaban J connectivity index is 2.93. The fourth-order valence-electron chi connectivity index (χ4n) is 1.15. The van der Waals surface area contributed by atoms with Crippen LogP contribution < -0.4 is 4.74 Å². The standard InChI is InChI=1S/C12H16O2/c1-9(12(2,3)13)10-5-7-11(14-4)8-6-10/h5-8,13H,1H2,2-4H3. The zero-order valence-corrected chi connectivity index (χ0v) is 8.87. The maximum Gasteiger partial charge on any atom is 0.118 e. The minimum atomic E-state index is -0.880. The molecule has 0 radical (unpaired) electrons. The van der Waals surface area contributed by atoms with Crippen molar-refractivity contribution in [2.24, 2.45) is 0 Å². The Morgan fingerprint density at radius 1 is 1.29 bits per heavy atom. The smallest absolute Gasteiger partial charge is 0.118 e. The number of methoxy groups -OCH3 is 1. The van der Waals surface area contributed by atoms with E-state index >= 15 is 0 Å². The summed E-state index contributed by atoms with van der Waals surface area (Å²) in [5, 5.41) is 9.74. The van der Waals surface area contributed by atoms with Gasteiger partial charge < -0.3 is 9.84 Å². The predicted molar refractivity (Wildman–Crippen MR) is 58.3 cm³/mol. The van der Waals surface area contributed by atoms with E-state index in [0.717, 1.165) is 11.3 Å². The molecular weight excluding hydrogens is 176 g/mol. The summed E-state index contributed by atoms with van der Waals surface area (Å²) < 4.78 is 5.04. The molecular formula is C12H16O2. The summed E-state index contributed by atoms with van der Waals surface area (Å²) >= 11 is 0. The summed E-state index contributed by atoms with van der Waals surface area (Å²) in [6.45, 7) is 7.30. The Kier molecular flexibility index (Phi) is 2.96. The van der Waals surface area contributed by atoms with Crippen molar-refractivity contribution in [3.05, 3.63) is 36.4 Å². The van der Waals surface area contributed by atoms with Gasteiger partial charge in [0.2, 0.25) is 0 Å². The average Bonchev–Trinajstić information content (AvgIpc) is 2.15. The van der Waals surface area contributed by atoms with E-state index in [1.54, 1.807) is 21.0 Å². The lowest BCUT2D eigenvalue weighted by molar-refractivity contribution is 0.144. The number of rotatable bonds is 3. The first-order valence-electron chi connectivity index (χ1n) is 4.51.